The first-order valence-corrected chi connectivity index (χ1v) is 10.6. The van der Waals surface area contributed by atoms with Gasteiger partial charge in [-0.05, 0) is 58.2 Å². The fourth-order valence-electron chi connectivity index (χ4n) is 5.63. The van der Waals surface area contributed by atoms with E-state index in [0.29, 0.717) is 36.2 Å². The molecule has 7 nitrogen and oxygen atoms in total. The summed E-state index contributed by atoms with van der Waals surface area (Å²) in [5, 5.41) is 4.13. The van der Waals surface area contributed by atoms with E-state index in [-0.39, 0.29) is 0 Å². The summed E-state index contributed by atoms with van der Waals surface area (Å²) in [5.41, 5.74) is 0. The van der Waals surface area contributed by atoms with Gasteiger partial charge in [0.1, 0.15) is 12.7 Å². The second-order valence-electron chi connectivity index (χ2n) is 8.95. The van der Waals surface area contributed by atoms with Crippen molar-refractivity contribution in [2.75, 3.05) is 40.3 Å². The molecule has 7 heteroatoms. The van der Waals surface area contributed by atoms with E-state index in [9.17, 15) is 4.79 Å². The zero-order chi connectivity index (χ0) is 18.8. The molecule has 1 aromatic heterocycles. The fraction of sp³-hybridized carbons (Fsp3) is 0.850. The molecule has 0 radical (unpaired) electrons. The Balaban J connectivity index is 1.39. The molecule has 0 aliphatic carbocycles. The largest absolute Gasteiger partial charge is 0.342 e. The number of piperidine rings is 3. The van der Waals surface area contributed by atoms with E-state index < -0.39 is 0 Å². The summed E-state index contributed by atoms with van der Waals surface area (Å²) in [6.45, 7) is 5.05. The second kappa shape index (κ2) is 8.27. The Morgan fingerprint density at radius 2 is 2.07 bits per heavy atom. The van der Waals surface area contributed by atoms with Gasteiger partial charge >= 0.3 is 0 Å². The van der Waals surface area contributed by atoms with Gasteiger partial charge in [0.05, 0.1) is 0 Å². The average Bonchev–Trinajstić information content (AvgIpc) is 3.18. The molecule has 3 aliphatic heterocycles. The number of rotatable bonds is 6. The number of carbonyl (C=O) groups excluding carboxylic acids is 1. The van der Waals surface area contributed by atoms with Crippen LogP contribution in [0.4, 0.5) is 0 Å². The third-order valence-corrected chi connectivity index (χ3v) is 6.77. The van der Waals surface area contributed by atoms with Crippen molar-refractivity contribution in [3.8, 4) is 0 Å². The number of fused-ring (bicyclic) bond motifs is 4. The van der Waals surface area contributed by atoms with E-state index in [1.807, 2.05) is 4.68 Å². The number of likely N-dealkylation sites (N-methyl/N-ethyl adjacent to an activating group) is 1. The Hall–Kier alpha value is -1.47. The van der Waals surface area contributed by atoms with Crippen LogP contribution in [0.2, 0.25) is 0 Å². The summed E-state index contributed by atoms with van der Waals surface area (Å²) in [7, 11) is 4.36. The lowest BCUT2D eigenvalue weighted by Crippen LogP contribution is -2.65. The monoisotopic (exact) mass is 374 g/mol. The van der Waals surface area contributed by atoms with Crippen molar-refractivity contribution < 1.29 is 4.79 Å². The van der Waals surface area contributed by atoms with E-state index in [1.54, 1.807) is 12.7 Å². The van der Waals surface area contributed by atoms with Gasteiger partial charge in [0.2, 0.25) is 5.91 Å². The predicted octanol–water partition coefficient (Wildman–Crippen LogP) is 1.32. The summed E-state index contributed by atoms with van der Waals surface area (Å²) in [6, 6.07) is 1.29. The highest BCUT2D eigenvalue weighted by molar-refractivity contribution is 5.76. The van der Waals surface area contributed by atoms with Crippen LogP contribution in [-0.2, 0) is 11.3 Å². The Labute approximate surface area is 162 Å². The smallest absolute Gasteiger partial charge is 0.222 e. The zero-order valence-corrected chi connectivity index (χ0v) is 16.8. The van der Waals surface area contributed by atoms with Gasteiger partial charge in [0.15, 0.2) is 0 Å². The lowest BCUT2D eigenvalue weighted by molar-refractivity contribution is -0.141. The molecule has 1 amide bonds. The van der Waals surface area contributed by atoms with Crippen molar-refractivity contribution in [2.24, 2.45) is 11.8 Å². The van der Waals surface area contributed by atoms with Crippen LogP contribution in [0.3, 0.4) is 0 Å². The number of aromatic nitrogens is 3. The van der Waals surface area contributed by atoms with E-state index >= 15 is 0 Å². The number of carbonyl (C=O) groups is 1. The molecular formula is C20H34N6O. The molecule has 4 atom stereocenters. The Morgan fingerprint density at radius 3 is 2.85 bits per heavy atom. The third-order valence-electron chi connectivity index (χ3n) is 6.77. The molecular weight excluding hydrogens is 340 g/mol. The lowest BCUT2D eigenvalue weighted by Gasteiger charge is -2.57. The zero-order valence-electron chi connectivity index (χ0n) is 16.8. The van der Waals surface area contributed by atoms with Gasteiger partial charge in [-0.25, -0.2) is 4.98 Å². The lowest BCUT2D eigenvalue weighted by atomic mass is 9.72. The minimum Gasteiger partial charge on any atom is -0.342 e. The average molecular weight is 375 g/mol. The highest BCUT2D eigenvalue weighted by atomic mass is 16.2. The van der Waals surface area contributed by atoms with Gasteiger partial charge in [-0.3, -0.25) is 14.4 Å². The Morgan fingerprint density at radius 1 is 1.22 bits per heavy atom. The first kappa shape index (κ1) is 18.9. The van der Waals surface area contributed by atoms with Crippen LogP contribution in [0.1, 0.15) is 38.5 Å². The minimum atomic E-state index is 0.331. The van der Waals surface area contributed by atoms with Gasteiger partial charge in [-0.2, -0.15) is 5.10 Å². The summed E-state index contributed by atoms with van der Waals surface area (Å²) < 4.78 is 1.81. The molecule has 0 N–H and O–H groups in total. The SMILES string of the molecule is CN(C)C[C@H]1[C@H]2C[C@H](CN(C(=O)CCCn3cncn3)C2)[C@@H]2CCCCN21. The molecule has 150 valence electrons. The predicted molar refractivity (Wildman–Crippen MR) is 104 cm³/mol. The molecule has 3 saturated heterocycles. The highest BCUT2D eigenvalue weighted by Crippen LogP contribution is 2.41. The number of aryl methyl sites for hydroxylation is 1. The van der Waals surface area contributed by atoms with Crippen molar-refractivity contribution in [3.63, 3.8) is 0 Å². The standard InChI is InChI=1S/C20H34N6O/c1-23(2)13-19-17-10-16(18-6-3-4-9-26(18)19)11-24(12-17)20(27)7-5-8-25-15-21-14-22-25/h14-19H,3-13H2,1-2H3/t16-,17+,18+,19+/m1/s1. The number of nitrogens with zero attached hydrogens (tertiary/aromatic N) is 6. The Bertz CT molecular complexity index is 618. The molecule has 27 heavy (non-hydrogen) atoms. The van der Waals surface area contributed by atoms with Gasteiger partial charge in [0.25, 0.3) is 0 Å². The maximum absolute atomic E-state index is 12.9. The molecule has 3 fully saturated rings. The third kappa shape index (κ3) is 4.19. The topological polar surface area (TPSA) is 57.5 Å². The van der Waals surface area contributed by atoms with Crippen molar-refractivity contribution >= 4 is 5.91 Å². The molecule has 0 saturated carbocycles. The molecule has 3 aliphatic rings. The molecule has 4 heterocycles. The van der Waals surface area contributed by atoms with E-state index in [4.69, 9.17) is 0 Å². The second-order valence-corrected chi connectivity index (χ2v) is 8.95. The van der Waals surface area contributed by atoms with E-state index in [0.717, 1.165) is 32.6 Å². The van der Waals surface area contributed by atoms with Gasteiger partial charge < -0.3 is 9.80 Å². The van der Waals surface area contributed by atoms with Crippen LogP contribution < -0.4 is 0 Å². The van der Waals surface area contributed by atoms with Crippen molar-refractivity contribution in [1.29, 1.82) is 0 Å². The molecule has 0 aromatic carbocycles. The first-order chi connectivity index (χ1) is 13.1. The first-order valence-electron chi connectivity index (χ1n) is 10.6. The van der Waals surface area contributed by atoms with Crippen LogP contribution in [0.5, 0.6) is 0 Å². The number of amides is 1. The van der Waals surface area contributed by atoms with E-state index in [2.05, 4.69) is 38.9 Å². The molecule has 0 spiro atoms. The fourth-order valence-corrected chi connectivity index (χ4v) is 5.63. The number of hydrogen-bond acceptors (Lipinski definition) is 5. The summed E-state index contributed by atoms with van der Waals surface area (Å²) in [6.07, 6.45) is 10.0. The summed E-state index contributed by atoms with van der Waals surface area (Å²) in [4.78, 5) is 24.2. The van der Waals surface area contributed by atoms with Gasteiger partial charge in [-0.15, -0.1) is 0 Å². The van der Waals surface area contributed by atoms with Crippen molar-refractivity contribution in [2.45, 2.75) is 57.2 Å². The van der Waals surface area contributed by atoms with Crippen molar-refractivity contribution in [3.05, 3.63) is 12.7 Å². The summed E-state index contributed by atoms with van der Waals surface area (Å²) in [5.74, 6) is 1.62. The maximum Gasteiger partial charge on any atom is 0.222 e. The quantitative estimate of drug-likeness (QED) is 0.752. The maximum atomic E-state index is 12.9. The van der Waals surface area contributed by atoms with E-state index in [1.165, 1.54) is 32.2 Å². The van der Waals surface area contributed by atoms with Crippen LogP contribution in [0, 0.1) is 11.8 Å². The number of hydrogen-bond donors (Lipinski definition) is 0. The highest BCUT2D eigenvalue weighted by Gasteiger charge is 2.47. The Kier molecular flexibility index (Phi) is 5.78. The van der Waals surface area contributed by atoms with Crippen LogP contribution in [0.15, 0.2) is 12.7 Å². The van der Waals surface area contributed by atoms with Crippen LogP contribution >= 0.6 is 0 Å². The molecule has 2 bridgehead atoms. The minimum absolute atomic E-state index is 0.331. The van der Waals surface area contributed by atoms with Crippen LogP contribution in [-0.4, -0.2) is 87.7 Å². The van der Waals surface area contributed by atoms with Crippen molar-refractivity contribution in [1.82, 2.24) is 29.5 Å². The molecule has 0 unspecified atom stereocenters. The van der Waals surface area contributed by atoms with Gasteiger partial charge in [-0.1, -0.05) is 6.42 Å². The molecule has 4 rings (SSSR count). The van der Waals surface area contributed by atoms with Gasteiger partial charge in [0, 0.05) is 44.7 Å². The van der Waals surface area contributed by atoms with Crippen LogP contribution in [0.25, 0.3) is 0 Å². The number of likely N-dealkylation sites (tertiary alicyclic amines) is 1. The molecule has 1 aromatic rings. The normalized spacial score (nSPS) is 31.1. The summed E-state index contributed by atoms with van der Waals surface area (Å²) >= 11 is 0.